The van der Waals surface area contributed by atoms with E-state index in [4.69, 9.17) is 9.47 Å². The van der Waals surface area contributed by atoms with Crippen LogP contribution in [-0.4, -0.2) is 38.2 Å². The topological polar surface area (TPSA) is 64.6 Å². The number of ether oxygens (including phenoxy) is 2. The van der Waals surface area contributed by atoms with Crippen molar-refractivity contribution in [1.82, 2.24) is 5.32 Å². The molecule has 1 amide bonds. The van der Waals surface area contributed by atoms with Crippen molar-refractivity contribution in [2.75, 3.05) is 20.3 Å². The molecule has 0 saturated carbocycles. The zero-order chi connectivity index (χ0) is 15.2. The van der Waals surface area contributed by atoms with Crippen LogP contribution in [0.25, 0.3) is 0 Å². The number of esters is 1. The monoisotopic (exact) mass is 291 g/mol. The SMILES string of the molecule is COC(=O)C(NC(=O)c1cccc(C)c1)C1CCOCC1. The number of hydrogen-bond acceptors (Lipinski definition) is 4. The van der Waals surface area contributed by atoms with Gasteiger partial charge in [0.1, 0.15) is 6.04 Å². The van der Waals surface area contributed by atoms with E-state index in [1.165, 1.54) is 7.11 Å². The van der Waals surface area contributed by atoms with Gasteiger partial charge in [0.2, 0.25) is 0 Å². The maximum Gasteiger partial charge on any atom is 0.328 e. The van der Waals surface area contributed by atoms with Gasteiger partial charge in [0, 0.05) is 18.8 Å². The Morgan fingerprint density at radius 2 is 2.05 bits per heavy atom. The number of amides is 1. The Kier molecular flexibility index (Phi) is 5.33. The molecule has 0 aliphatic carbocycles. The highest BCUT2D eigenvalue weighted by molar-refractivity contribution is 5.97. The number of hydrogen-bond donors (Lipinski definition) is 1. The number of rotatable bonds is 4. The van der Waals surface area contributed by atoms with Crippen molar-refractivity contribution in [1.29, 1.82) is 0 Å². The number of carbonyl (C=O) groups excluding carboxylic acids is 2. The van der Waals surface area contributed by atoms with Crippen LogP contribution in [0.1, 0.15) is 28.8 Å². The van der Waals surface area contributed by atoms with Gasteiger partial charge in [0.15, 0.2) is 0 Å². The van der Waals surface area contributed by atoms with E-state index in [0.717, 1.165) is 18.4 Å². The molecule has 1 fully saturated rings. The summed E-state index contributed by atoms with van der Waals surface area (Å²) in [5.41, 5.74) is 1.55. The van der Waals surface area contributed by atoms with Crippen LogP contribution >= 0.6 is 0 Å². The standard InChI is InChI=1S/C16H21NO4/c1-11-4-3-5-13(10-11)15(18)17-14(16(19)20-2)12-6-8-21-9-7-12/h3-5,10,12,14H,6-9H2,1-2H3,(H,17,18). The Hall–Kier alpha value is -1.88. The molecule has 1 aromatic carbocycles. The molecular formula is C16H21NO4. The molecule has 1 aliphatic rings. The van der Waals surface area contributed by atoms with E-state index >= 15 is 0 Å². The molecule has 5 nitrogen and oxygen atoms in total. The average Bonchev–Trinajstić information content (AvgIpc) is 2.52. The minimum absolute atomic E-state index is 0.0555. The lowest BCUT2D eigenvalue weighted by molar-refractivity contribution is -0.145. The van der Waals surface area contributed by atoms with Crippen LogP contribution in [0.15, 0.2) is 24.3 Å². The first-order chi connectivity index (χ1) is 10.1. The fourth-order valence-electron chi connectivity index (χ4n) is 2.56. The van der Waals surface area contributed by atoms with Crippen LogP contribution in [0.3, 0.4) is 0 Å². The summed E-state index contributed by atoms with van der Waals surface area (Å²) in [5.74, 6) is -0.594. The van der Waals surface area contributed by atoms with Gasteiger partial charge in [-0.2, -0.15) is 0 Å². The smallest absolute Gasteiger partial charge is 0.328 e. The number of benzene rings is 1. The summed E-state index contributed by atoms with van der Waals surface area (Å²) < 4.78 is 10.1. The molecule has 5 heteroatoms. The second-order valence-corrected chi connectivity index (χ2v) is 5.29. The highest BCUT2D eigenvalue weighted by Crippen LogP contribution is 2.20. The largest absolute Gasteiger partial charge is 0.467 e. The second-order valence-electron chi connectivity index (χ2n) is 5.29. The highest BCUT2D eigenvalue weighted by Gasteiger charge is 2.32. The third kappa shape index (κ3) is 4.04. The molecule has 114 valence electrons. The van der Waals surface area contributed by atoms with E-state index < -0.39 is 12.0 Å². The van der Waals surface area contributed by atoms with E-state index in [2.05, 4.69) is 5.32 Å². The van der Waals surface area contributed by atoms with E-state index in [9.17, 15) is 9.59 Å². The predicted octanol–water partition coefficient (Wildman–Crippen LogP) is 1.69. The van der Waals surface area contributed by atoms with Crippen LogP contribution in [0, 0.1) is 12.8 Å². The normalized spacial score (nSPS) is 17.0. The summed E-state index contributed by atoms with van der Waals surface area (Å²) in [6.45, 7) is 3.14. The molecule has 1 atom stereocenters. The molecule has 1 aliphatic heterocycles. The van der Waals surface area contributed by atoms with Gasteiger partial charge in [-0.05, 0) is 37.8 Å². The Morgan fingerprint density at radius 1 is 1.33 bits per heavy atom. The quantitative estimate of drug-likeness (QED) is 0.857. The fourth-order valence-corrected chi connectivity index (χ4v) is 2.56. The van der Waals surface area contributed by atoms with Gasteiger partial charge >= 0.3 is 5.97 Å². The molecule has 0 bridgehead atoms. The molecule has 2 rings (SSSR count). The van der Waals surface area contributed by atoms with Crippen molar-refractivity contribution in [3.63, 3.8) is 0 Å². The van der Waals surface area contributed by atoms with Crippen LogP contribution in [0.2, 0.25) is 0 Å². The zero-order valence-electron chi connectivity index (χ0n) is 12.4. The molecule has 0 radical (unpaired) electrons. The molecule has 1 heterocycles. The number of aryl methyl sites for hydroxylation is 1. The first-order valence-corrected chi connectivity index (χ1v) is 7.15. The minimum Gasteiger partial charge on any atom is -0.467 e. The molecule has 1 N–H and O–H groups in total. The second kappa shape index (κ2) is 7.22. The molecule has 0 aromatic heterocycles. The maximum absolute atomic E-state index is 12.3. The van der Waals surface area contributed by atoms with Crippen molar-refractivity contribution in [2.24, 2.45) is 5.92 Å². The Labute approximate surface area is 124 Å². The first kappa shape index (κ1) is 15.5. The molecule has 1 aromatic rings. The molecule has 21 heavy (non-hydrogen) atoms. The van der Waals surface area contributed by atoms with Gasteiger partial charge in [-0.1, -0.05) is 17.7 Å². The van der Waals surface area contributed by atoms with Crippen LogP contribution in [0.4, 0.5) is 0 Å². The Balaban J connectivity index is 2.10. The molecular weight excluding hydrogens is 270 g/mol. The lowest BCUT2D eigenvalue weighted by Crippen LogP contribution is -2.48. The molecule has 1 saturated heterocycles. The molecule has 0 spiro atoms. The summed E-state index contributed by atoms with van der Waals surface area (Å²) in [6.07, 6.45) is 1.49. The van der Waals surface area contributed by atoms with E-state index in [1.807, 2.05) is 19.1 Å². The summed E-state index contributed by atoms with van der Waals surface area (Å²) in [6, 6.07) is 6.67. The van der Waals surface area contributed by atoms with Gasteiger partial charge in [-0.15, -0.1) is 0 Å². The highest BCUT2D eigenvalue weighted by atomic mass is 16.5. The summed E-state index contributed by atoms with van der Waals surface area (Å²) >= 11 is 0. The van der Waals surface area contributed by atoms with Gasteiger partial charge in [-0.3, -0.25) is 4.79 Å². The van der Waals surface area contributed by atoms with Crippen molar-refractivity contribution in [3.05, 3.63) is 35.4 Å². The number of carbonyl (C=O) groups is 2. The minimum atomic E-state index is -0.619. The lowest BCUT2D eigenvalue weighted by Gasteiger charge is -2.29. The summed E-state index contributed by atoms with van der Waals surface area (Å²) in [5, 5.41) is 2.81. The zero-order valence-corrected chi connectivity index (χ0v) is 12.4. The van der Waals surface area contributed by atoms with Crippen LogP contribution < -0.4 is 5.32 Å². The van der Waals surface area contributed by atoms with Crippen molar-refractivity contribution in [2.45, 2.75) is 25.8 Å². The fraction of sp³-hybridized carbons (Fsp3) is 0.500. The number of nitrogens with one attached hydrogen (secondary N) is 1. The Bertz CT molecular complexity index is 509. The average molecular weight is 291 g/mol. The third-order valence-corrected chi connectivity index (χ3v) is 3.76. The third-order valence-electron chi connectivity index (χ3n) is 3.76. The van der Waals surface area contributed by atoms with Gasteiger partial charge < -0.3 is 14.8 Å². The summed E-state index contributed by atoms with van der Waals surface area (Å²) in [7, 11) is 1.34. The van der Waals surface area contributed by atoms with E-state index in [-0.39, 0.29) is 11.8 Å². The summed E-state index contributed by atoms with van der Waals surface area (Å²) in [4.78, 5) is 24.3. The molecule has 1 unspecified atom stereocenters. The Morgan fingerprint density at radius 3 is 2.67 bits per heavy atom. The maximum atomic E-state index is 12.3. The van der Waals surface area contributed by atoms with Crippen LogP contribution in [-0.2, 0) is 14.3 Å². The lowest BCUT2D eigenvalue weighted by atomic mass is 9.91. The first-order valence-electron chi connectivity index (χ1n) is 7.15. The van der Waals surface area contributed by atoms with Crippen LogP contribution in [0.5, 0.6) is 0 Å². The van der Waals surface area contributed by atoms with Crippen molar-refractivity contribution >= 4 is 11.9 Å². The predicted molar refractivity (Wildman–Crippen MR) is 78.0 cm³/mol. The van der Waals surface area contributed by atoms with E-state index in [1.54, 1.807) is 12.1 Å². The van der Waals surface area contributed by atoms with E-state index in [0.29, 0.717) is 18.8 Å². The van der Waals surface area contributed by atoms with Crippen molar-refractivity contribution < 1.29 is 19.1 Å². The van der Waals surface area contributed by atoms with Gasteiger partial charge in [-0.25, -0.2) is 4.79 Å². The van der Waals surface area contributed by atoms with Gasteiger partial charge in [0.05, 0.1) is 7.11 Å². The van der Waals surface area contributed by atoms with Gasteiger partial charge in [0.25, 0.3) is 5.91 Å². The number of methoxy groups -OCH3 is 1. The van der Waals surface area contributed by atoms with Crippen molar-refractivity contribution in [3.8, 4) is 0 Å².